The van der Waals surface area contributed by atoms with Gasteiger partial charge < -0.3 is 14.2 Å². The molecule has 0 saturated carbocycles. The smallest absolute Gasteiger partial charge is 0.295 e. The summed E-state index contributed by atoms with van der Waals surface area (Å²) in [5, 5.41) is 16.0. The minimum Gasteiger partial charge on any atom is -0.493 e. The lowest BCUT2D eigenvalue weighted by Crippen LogP contribution is -2.13. The van der Waals surface area contributed by atoms with Crippen molar-refractivity contribution in [3.63, 3.8) is 0 Å². The summed E-state index contributed by atoms with van der Waals surface area (Å²) >= 11 is 5.88. The summed E-state index contributed by atoms with van der Waals surface area (Å²) in [5.41, 5.74) is 2.84. The molecule has 0 aliphatic heterocycles. The molecule has 0 aromatic heterocycles. The molecular weight excluding hydrogens is 500 g/mol. The third-order valence-electron chi connectivity index (χ3n) is 4.64. The van der Waals surface area contributed by atoms with E-state index in [9.17, 15) is 18.5 Å². The summed E-state index contributed by atoms with van der Waals surface area (Å²) in [6.45, 7) is 0. The number of sulfonamides is 1. The van der Waals surface area contributed by atoms with E-state index in [2.05, 4.69) is 15.2 Å². The first kappa shape index (κ1) is 25.6. The van der Waals surface area contributed by atoms with E-state index < -0.39 is 20.6 Å². The second kappa shape index (κ2) is 10.9. The number of ether oxygens (including phenoxy) is 3. The van der Waals surface area contributed by atoms with Crippen LogP contribution in [0.3, 0.4) is 0 Å². The van der Waals surface area contributed by atoms with Crippen molar-refractivity contribution < 1.29 is 27.6 Å². The van der Waals surface area contributed by atoms with Crippen LogP contribution >= 0.6 is 11.6 Å². The SMILES string of the molecule is COc1cc(/C=N\Nc2ccc(S(=O)(=O)Nc3cccc(Cl)c3)cc2[N+](=O)[O-])cc(OC)c1OC. The Labute approximate surface area is 206 Å². The van der Waals surface area contributed by atoms with Crippen LogP contribution in [0.4, 0.5) is 17.1 Å². The number of nitrogens with zero attached hydrogens (tertiary/aromatic N) is 2. The average molecular weight is 521 g/mol. The molecule has 0 spiro atoms. The predicted molar refractivity (Wildman–Crippen MR) is 133 cm³/mol. The van der Waals surface area contributed by atoms with Crippen LogP contribution in [0.15, 0.2) is 64.6 Å². The van der Waals surface area contributed by atoms with Gasteiger partial charge in [-0.2, -0.15) is 5.10 Å². The molecule has 0 fully saturated rings. The maximum atomic E-state index is 12.7. The van der Waals surface area contributed by atoms with Crippen molar-refractivity contribution in [2.24, 2.45) is 5.10 Å². The lowest BCUT2D eigenvalue weighted by Gasteiger charge is -2.12. The second-order valence-corrected chi connectivity index (χ2v) is 9.00. The highest BCUT2D eigenvalue weighted by Crippen LogP contribution is 2.37. The van der Waals surface area contributed by atoms with Crippen LogP contribution in [0.25, 0.3) is 0 Å². The third kappa shape index (κ3) is 6.11. The van der Waals surface area contributed by atoms with Gasteiger partial charge in [-0.25, -0.2) is 8.42 Å². The summed E-state index contributed by atoms with van der Waals surface area (Å²) in [4.78, 5) is 10.6. The lowest BCUT2D eigenvalue weighted by atomic mass is 10.2. The van der Waals surface area contributed by atoms with Gasteiger partial charge in [0.1, 0.15) is 5.69 Å². The van der Waals surface area contributed by atoms with Crippen LogP contribution in [-0.2, 0) is 10.0 Å². The number of hydrazone groups is 1. The number of nitro benzene ring substituents is 1. The molecule has 35 heavy (non-hydrogen) atoms. The van der Waals surface area contributed by atoms with Gasteiger partial charge in [-0.3, -0.25) is 20.3 Å². The van der Waals surface area contributed by atoms with E-state index in [0.717, 1.165) is 6.07 Å². The summed E-state index contributed by atoms with van der Waals surface area (Å²) in [5.74, 6) is 1.21. The Morgan fingerprint density at radius 3 is 2.26 bits per heavy atom. The van der Waals surface area contributed by atoms with Crippen molar-refractivity contribution in [3.8, 4) is 17.2 Å². The van der Waals surface area contributed by atoms with Crippen molar-refractivity contribution in [2.45, 2.75) is 4.90 Å². The molecule has 0 bridgehead atoms. The number of halogens is 1. The first-order valence-corrected chi connectivity index (χ1v) is 11.7. The molecule has 0 unspecified atom stereocenters. The van der Waals surface area contributed by atoms with Gasteiger partial charge in [0.25, 0.3) is 15.7 Å². The van der Waals surface area contributed by atoms with Gasteiger partial charge in [-0.05, 0) is 42.5 Å². The number of anilines is 2. The number of benzene rings is 3. The van der Waals surface area contributed by atoms with Gasteiger partial charge in [0.05, 0.1) is 43.1 Å². The quantitative estimate of drug-likeness (QED) is 0.226. The highest BCUT2D eigenvalue weighted by Gasteiger charge is 2.22. The lowest BCUT2D eigenvalue weighted by molar-refractivity contribution is -0.384. The molecule has 0 radical (unpaired) electrons. The van der Waals surface area contributed by atoms with Gasteiger partial charge in [-0.15, -0.1) is 0 Å². The Balaban J connectivity index is 1.86. The molecule has 0 saturated heterocycles. The van der Waals surface area contributed by atoms with Crippen LogP contribution in [0.1, 0.15) is 5.56 Å². The van der Waals surface area contributed by atoms with Crippen molar-refractivity contribution in [1.29, 1.82) is 0 Å². The van der Waals surface area contributed by atoms with Crippen molar-refractivity contribution in [2.75, 3.05) is 31.5 Å². The van der Waals surface area contributed by atoms with Gasteiger partial charge >= 0.3 is 0 Å². The molecule has 13 heteroatoms. The first-order chi connectivity index (χ1) is 16.7. The molecule has 0 aliphatic rings. The third-order valence-corrected chi connectivity index (χ3v) is 6.25. The normalized spacial score (nSPS) is 11.2. The maximum Gasteiger partial charge on any atom is 0.295 e. The molecule has 0 aliphatic carbocycles. The standard InChI is InChI=1S/C22H21ClN4O7S/c1-32-20-9-14(10-21(33-2)22(20)34-3)13-24-25-18-8-7-17(12-19(18)27(28)29)35(30,31)26-16-6-4-5-15(23)11-16/h4-13,25-26H,1-3H3/b24-13-. The fraction of sp³-hybridized carbons (Fsp3) is 0.136. The zero-order valence-electron chi connectivity index (χ0n) is 18.8. The van der Waals surface area contributed by atoms with E-state index in [4.69, 9.17) is 25.8 Å². The number of hydrogen-bond acceptors (Lipinski definition) is 9. The van der Waals surface area contributed by atoms with E-state index >= 15 is 0 Å². The van der Waals surface area contributed by atoms with Crippen LogP contribution < -0.4 is 24.4 Å². The van der Waals surface area contributed by atoms with Crippen molar-refractivity contribution in [3.05, 3.63) is 75.3 Å². The summed E-state index contributed by atoms with van der Waals surface area (Å²) in [6.07, 6.45) is 1.39. The topological polar surface area (TPSA) is 141 Å². The molecule has 3 rings (SSSR count). The van der Waals surface area contributed by atoms with Crippen molar-refractivity contribution in [1.82, 2.24) is 0 Å². The molecule has 2 N–H and O–H groups in total. The zero-order chi connectivity index (χ0) is 25.6. The molecular formula is C22H21ClN4O7S. The Bertz CT molecular complexity index is 1350. The van der Waals surface area contributed by atoms with Crippen molar-refractivity contribution >= 4 is 44.9 Å². The largest absolute Gasteiger partial charge is 0.493 e. The van der Waals surface area contributed by atoms with Crippen LogP contribution in [0.2, 0.25) is 5.02 Å². The van der Waals surface area contributed by atoms with Gasteiger partial charge in [-0.1, -0.05) is 17.7 Å². The fourth-order valence-electron chi connectivity index (χ4n) is 3.04. The number of rotatable bonds is 10. The monoisotopic (exact) mass is 520 g/mol. The molecule has 0 amide bonds. The van der Waals surface area contributed by atoms with E-state index in [-0.39, 0.29) is 16.3 Å². The molecule has 11 nitrogen and oxygen atoms in total. The minimum absolute atomic E-state index is 0.0135. The molecule has 3 aromatic carbocycles. The molecule has 184 valence electrons. The average Bonchev–Trinajstić information content (AvgIpc) is 2.83. The minimum atomic E-state index is -4.11. The predicted octanol–water partition coefficient (Wildman–Crippen LogP) is 4.52. The number of methoxy groups -OCH3 is 3. The van der Waals surface area contributed by atoms with Gasteiger partial charge in [0.2, 0.25) is 5.75 Å². The van der Waals surface area contributed by atoms with Crippen LogP contribution in [0, 0.1) is 10.1 Å². The zero-order valence-corrected chi connectivity index (χ0v) is 20.4. The fourth-order valence-corrected chi connectivity index (χ4v) is 4.30. The Hall–Kier alpha value is -4.03. The van der Waals surface area contributed by atoms with Gasteiger partial charge in [0, 0.05) is 16.7 Å². The first-order valence-electron chi connectivity index (χ1n) is 9.84. The van der Waals surface area contributed by atoms with Gasteiger partial charge in [0.15, 0.2) is 11.5 Å². The Morgan fingerprint density at radius 1 is 1.00 bits per heavy atom. The molecule has 3 aromatic rings. The Morgan fingerprint density at radius 2 is 1.69 bits per heavy atom. The highest BCUT2D eigenvalue weighted by atomic mass is 35.5. The van der Waals surface area contributed by atoms with Crippen LogP contribution in [0.5, 0.6) is 17.2 Å². The molecule has 0 atom stereocenters. The summed E-state index contributed by atoms with van der Waals surface area (Å²) < 4.78 is 43.6. The molecule has 0 heterocycles. The number of nitrogens with one attached hydrogen (secondary N) is 2. The number of hydrogen-bond donors (Lipinski definition) is 2. The number of nitro groups is 1. The van der Waals surface area contributed by atoms with E-state index in [1.807, 2.05) is 0 Å². The van der Waals surface area contributed by atoms with Crippen LogP contribution in [-0.4, -0.2) is 40.9 Å². The summed E-state index contributed by atoms with van der Waals surface area (Å²) in [7, 11) is 0.306. The van der Waals surface area contributed by atoms with E-state index in [1.165, 1.54) is 51.8 Å². The maximum absolute atomic E-state index is 12.7. The summed E-state index contributed by atoms with van der Waals surface area (Å²) in [6, 6.07) is 12.8. The van der Waals surface area contributed by atoms with E-state index in [1.54, 1.807) is 24.3 Å². The second-order valence-electron chi connectivity index (χ2n) is 6.88. The Kier molecular flexibility index (Phi) is 7.99. The highest BCUT2D eigenvalue weighted by molar-refractivity contribution is 7.92. The van der Waals surface area contributed by atoms with E-state index in [0.29, 0.717) is 27.8 Å².